The SMILES string of the molecule is Cc1csc(C(=O)NC(CN)C2CCCCC2)c1Cl.Cl. The van der Waals surface area contributed by atoms with Crippen molar-refractivity contribution in [2.75, 3.05) is 6.54 Å². The van der Waals surface area contributed by atoms with Crippen LogP contribution in [0.2, 0.25) is 5.02 Å². The number of rotatable bonds is 4. The number of amides is 1. The maximum absolute atomic E-state index is 12.3. The Bertz CT molecular complexity index is 444. The van der Waals surface area contributed by atoms with Crippen LogP contribution in [-0.4, -0.2) is 18.5 Å². The molecule has 1 unspecified atom stereocenters. The Labute approximate surface area is 135 Å². The lowest BCUT2D eigenvalue weighted by Gasteiger charge is -2.30. The fourth-order valence-electron chi connectivity index (χ4n) is 2.72. The standard InChI is InChI=1S/C14H21ClN2OS.ClH/c1-9-8-19-13(12(9)15)14(18)17-11(7-16)10-5-3-2-4-6-10;/h8,10-11H,2-7,16H2,1H3,(H,17,18);1H. The molecule has 1 fully saturated rings. The highest BCUT2D eigenvalue weighted by atomic mass is 35.5. The molecule has 0 bridgehead atoms. The molecule has 114 valence electrons. The summed E-state index contributed by atoms with van der Waals surface area (Å²) in [5, 5.41) is 5.55. The molecule has 1 saturated carbocycles. The van der Waals surface area contributed by atoms with Gasteiger partial charge in [-0.1, -0.05) is 30.9 Å². The number of carbonyl (C=O) groups excluding carboxylic acids is 1. The normalized spacial score (nSPS) is 17.4. The summed E-state index contributed by atoms with van der Waals surface area (Å²) in [6.07, 6.45) is 6.13. The van der Waals surface area contributed by atoms with E-state index in [2.05, 4.69) is 5.32 Å². The third-order valence-corrected chi connectivity index (χ3v) is 5.59. The second-order valence-electron chi connectivity index (χ2n) is 5.28. The van der Waals surface area contributed by atoms with E-state index in [1.165, 1.54) is 43.4 Å². The van der Waals surface area contributed by atoms with Crippen LogP contribution in [-0.2, 0) is 0 Å². The Hall–Kier alpha value is -0.290. The van der Waals surface area contributed by atoms with Crippen molar-refractivity contribution in [3.63, 3.8) is 0 Å². The quantitative estimate of drug-likeness (QED) is 0.879. The molecule has 0 radical (unpaired) electrons. The molecule has 1 atom stereocenters. The van der Waals surface area contributed by atoms with Crippen LogP contribution in [0.5, 0.6) is 0 Å². The molecule has 0 aliphatic heterocycles. The summed E-state index contributed by atoms with van der Waals surface area (Å²) in [5.74, 6) is 0.437. The molecule has 1 heterocycles. The molecule has 6 heteroatoms. The van der Waals surface area contributed by atoms with Crippen molar-refractivity contribution in [1.29, 1.82) is 0 Å². The van der Waals surface area contributed by atoms with Gasteiger partial charge in [0.05, 0.1) is 5.02 Å². The van der Waals surface area contributed by atoms with Gasteiger partial charge in [-0.05, 0) is 36.6 Å². The van der Waals surface area contributed by atoms with Crippen LogP contribution >= 0.6 is 35.3 Å². The van der Waals surface area contributed by atoms with E-state index in [0.717, 1.165) is 5.56 Å². The molecule has 1 aromatic rings. The smallest absolute Gasteiger partial charge is 0.263 e. The third-order valence-electron chi connectivity index (χ3n) is 3.89. The van der Waals surface area contributed by atoms with Crippen LogP contribution in [0, 0.1) is 12.8 Å². The van der Waals surface area contributed by atoms with Crippen molar-refractivity contribution in [2.24, 2.45) is 11.7 Å². The minimum Gasteiger partial charge on any atom is -0.347 e. The van der Waals surface area contributed by atoms with Crippen molar-refractivity contribution in [1.82, 2.24) is 5.32 Å². The minimum atomic E-state index is -0.0795. The second kappa shape index (κ2) is 8.23. The van der Waals surface area contributed by atoms with Crippen molar-refractivity contribution in [3.05, 3.63) is 20.8 Å². The van der Waals surface area contributed by atoms with Gasteiger partial charge in [0.2, 0.25) is 0 Å². The van der Waals surface area contributed by atoms with E-state index >= 15 is 0 Å². The Morgan fingerprint density at radius 2 is 2.15 bits per heavy atom. The van der Waals surface area contributed by atoms with E-state index in [9.17, 15) is 4.79 Å². The highest BCUT2D eigenvalue weighted by molar-refractivity contribution is 7.13. The highest BCUT2D eigenvalue weighted by Crippen LogP contribution is 2.29. The van der Waals surface area contributed by atoms with E-state index in [4.69, 9.17) is 17.3 Å². The zero-order valence-electron chi connectivity index (χ0n) is 11.7. The number of hydrogen-bond acceptors (Lipinski definition) is 3. The van der Waals surface area contributed by atoms with Crippen molar-refractivity contribution < 1.29 is 4.79 Å². The molecule has 1 aliphatic carbocycles. The van der Waals surface area contributed by atoms with E-state index in [1.807, 2.05) is 12.3 Å². The molecule has 20 heavy (non-hydrogen) atoms. The second-order valence-corrected chi connectivity index (χ2v) is 6.53. The Morgan fingerprint density at radius 1 is 1.50 bits per heavy atom. The van der Waals surface area contributed by atoms with E-state index < -0.39 is 0 Å². The lowest BCUT2D eigenvalue weighted by molar-refractivity contribution is 0.0920. The maximum Gasteiger partial charge on any atom is 0.263 e. The Balaban J connectivity index is 0.00000200. The highest BCUT2D eigenvalue weighted by Gasteiger charge is 2.25. The number of thiophene rings is 1. The summed E-state index contributed by atoms with van der Waals surface area (Å²) < 4.78 is 0. The van der Waals surface area contributed by atoms with Crippen LogP contribution in [0.15, 0.2) is 5.38 Å². The first-order chi connectivity index (χ1) is 9.13. The third kappa shape index (κ3) is 4.10. The molecular weight excluding hydrogens is 315 g/mol. The number of nitrogens with one attached hydrogen (secondary N) is 1. The fraction of sp³-hybridized carbons (Fsp3) is 0.643. The van der Waals surface area contributed by atoms with Gasteiger partial charge in [-0.3, -0.25) is 4.79 Å². The summed E-state index contributed by atoms with van der Waals surface area (Å²) in [6.45, 7) is 2.41. The van der Waals surface area contributed by atoms with Gasteiger partial charge in [0.15, 0.2) is 0 Å². The first kappa shape index (κ1) is 17.8. The first-order valence-electron chi connectivity index (χ1n) is 6.88. The predicted molar refractivity (Wildman–Crippen MR) is 88.2 cm³/mol. The fourth-order valence-corrected chi connectivity index (χ4v) is 3.90. The number of halogens is 2. The summed E-state index contributed by atoms with van der Waals surface area (Å²) in [6, 6.07) is 0.0753. The van der Waals surface area contributed by atoms with Crippen LogP contribution in [0.3, 0.4) is 0 Å². The zero-order chi connectivity index (χ0) is 13.8. The number of nitrogens with two attached hydrogens (primary N) is 1. The molecule has 0 saturated heterocycles. The molecule has 1 amide bonds. The van der Waals surface area contributed by atoms with Crippen LogP contribution < -0.4 is 11.1 Å². The molecule has 1 aliphatic rings. The number of aryl methyl sites for hydroxylation is 1. The molecule has 3 nitrogen and oxygen atoms in total. The Kier molecular flexibility index (Phi) is 7.30. The first-order valence-corrected chi connectivity index (χ1v) is 8.13. The maximum atomic E-state index is 12.3. The van der Waals surface area contributed by atoms with Crippen LogP contribution in [0.4, 0.5) is 0 Å². The monoisotopic (exact) mass is 336 g/mol. The largest absolute Gasteiger partial charge is 0.347 e. The van der Waals surface area contributed by atoms with E-state index in [0.29, 0.717) is 22.4 Å². The average Bonchev–Trinajstić information content (AvgIpc) is 2.77. The van der Waals surface area contributed by atoms with Gasteiger partial charge in [-0.25, -0.2) is 0 Å². The van der Waals surface area contributed by atoms with Crippen molar-refractivity contribution >= 4 is 41.3 Å². The number of hydrogen-bond donors (Lipinski definition) is 2. The van der Waals surface area contributed by atoms with Gasteiger partial charge >= 0.3 is 0 Å². The van der Waals surface area contributed by atoms with Gasteiger partial charge in [0.1, 0.15) is 4.88 Å². The molecular formula is C14H22Cl2N2OS. The molecule has 1 aromatic heterocycles. The molecule has 3 N–H and O–H groups in total. The van der Waals surface area contributed by atoms with Crippen molar-refractivity contribution in [2.45, 2.75) is 45.1 Å². The predicted octanol–water partition coefficient (Wildman–Crippen LogP) is 3.77. The lowest BCUT2D eigenvalue weighted by atomic mass is 9.84. The molecule has 0 aromatic carbocycles. The molecule has 2 rings (SSSR count). The topological polar surface area (TPSA) is 55.1 Å². The van der Waals surface area contributed by atoms with E-state index in [1.54, 1.807) is 0 Å². The summed E-state index contributed by atoms with van der Waals surface area (Å²) >= 11 is 7.53. The minimum absolute atomic E-state index is 0. The molecule has 0 spiro atoms. The van der Waals surface area contributed by atoms with Gasteiger partial charge in [-0.2, -0.15) is 0 Å². The van der Waals surface area contributed by atoms with Gasteiger partial charge in [-0.15, -0.1) is 23.7 Å². The average molecular weight is 337 g/mol. The number of carbonyl (C=O) groups is 1. The summed E-state index contributed by atoms with van der Waals surface area (Å²) in [5.41, 5.74) is 6.79. The van der Waals surface area contributed by atoms with Gasteiger partial charge in [0, 0.05) is 12.6 Å². The van der Waals surface area contributed by atoms with E-state index in [-0.39, 0.29) is 24.4 Å². The zero-order valence-corrected chi connectivity index (χ0v) is 14.0. The van der Waals surface area contributed by atoms with Gasteiger partial charge < -0.3 is 11.1 Å². The van der Waals surface area contributed by atoms with Gasteiger partial charge in [0.25, 0.3) is 5.91 Å². The van der Waals surface area contributed by atoms with Crippen molar-refractivity contribution in [3.8, 4) is 0 Å². The van der Waals surface area contributed by atoms with Crippen LogP contribution in [0.1, 0.15) is 47.3 Å². The Morgan fingerprint density at radius 3 is 2.65 bits per heavy atom. The lowest BCUT2D eigenvalue weighted by Crippen LogP contribution is -2.45. The summed E-state index contributed by atoms with van der Waals surface area (Å²) in [7, 11) is 0. The summed E-state index contributed by atoms with van der Waals surface area (Å²) in [4.78, 5) is 12.9. The van der Waals surface area contributed by atoms with Crippen LogP contribution in [0.25, 0.3) is 0 Å².